The normalized spacial score (nSPS) is 11.8. The van der Waals surface area contributed by atoms with Crippen molar-refractivity contribution in [3.8, 4) is 11.5 Å². The Balaban J connectivity index is 1.90. The zero-order chi connectivity index (χ0) is 19.9. The van der Waals surface area contributed by atoms with Crippen LogP contribution in [0.2, 0.25) is 0 Å². The Morgan fingerprint density at radius 2 is 1.82 bits per heavy atom. The number of benzene rings is 2. The lowest BCUT2D eigenvalue weighted by Gasteiger charge is -2.05. The Hall–Kier alpha value is -2.60. The molecular weight excluding hydrogens is 372 g/mol. The Bertz CT molecular complexity index is 1000. The van der Waals surface area contributed by atoms with Crippen molar-refractivity contribution in [1.82, 2.24) is 4.57 Å². The van der Waals surface area contributed by atoms with Gasteiger partial charge in [0.05, 0.1) is 23.9 Å². The number of thiazole rings is 1. The van der Waals surface area contributed by atoms with Crippen molar-refractivity contribution in [2.75, 3.05) is 13.7 Å². The SMILES string of the molecule is CCCCOc1ccc(C(=O)N=c2sc3cc(OC)ccc3n2CCC)cc1. The van der Waals surface area contributed by atoms with E-state index in [2.05, 4.69) is 23.4 Å². The summed E-state index contributed by atoms with van der Waals surface area (Å²) in [5, 5.41) is 0. The molecule has 0 unspecified atom stereocenters. The fourth-order valence-electron chi connectivity index (χ4n) is 2.89. The average Bonchev–Trinajstić information content (AvgIpc) is 3.05. The van der Waals surface area contributed by atoms with E-state index >= 15 is 0 Å². The molecule has 0 saturated heterocycles. The average molecular weight is 399 g/mol. The number of ether oxygens (including phenoxy) is 2. The number of hydrogen-bond acceptors (Lipinski definition) is 4. The van der Waals surface area contributed by atoms with E-state index in [1.165, 1.54) is 11.3 Å². The van der Waals surface area contributed by atoms with Crippen molar-refractivity contribution < 1.29 is 14.3 Å². The minimum absolute atomic E-state index is 0.247. The Kier molecular flexibility index (Phi) is 6.87. The van der Waals surface area contributed by atoms with Gasteiger partial charge in [-0.3, -0.25) is 4.79 Å². The summed E-state index contributed by atoms with van der Waals surface area (Å²) in [6.45, 7) is 5.74. The predicted octanol–water partition coefficient (Wildman–Crippen LogP) is 5.04. The van der Waals surface area contributed by atoms with Gasteiger partial charge < -0.3 is 14.0 Å². The number of aromatic nitrogens is 1. The van der Waals surface area contributed by atoms with Gasteiger partial charge in [0.2, 0.25) is 0 Å². The third kappa shape index (κ3) is 4.62. The van der Waals surface area contributed by atoms with E-state index in [9.17, 15) is 4.79 Å². The van der Waals surface area contributed by atoms with Gasteiger partial charge in [-0.05, 0) is 55.3 Å². The third-order valence-corrected chi connectivity index (χ3v) is 5.44. The second kappa shape index (κ2) is 9.55. The van der Waals surface area contributed by atoms with E-state index in [0.29, 0.717) is 17.0 Å². The van der Waals surface area contributed by atoms with Crippen molar-refractivity contribution in [3.05, 3.63) is 52.8 Å². The highest BCUT2D eigenvalue weighted by Gasteiger charge is 2.10. The van der Waals surface area contributed by atoms with Crippen LogP contribution in [0.15, 0.2) is 47.5 Å². The van der Waals surface area contributed by atoms with E-state index in [-0.39, 0.29) is 5.91 Å². The highest BCUT2D eigenvalue weighted by atomic mass is 32.1. The second-order valence-electron chi connectivity index (χ2n) is 6.51. The van der Waals surface area contributed by atoms with E-state index in [1.807, 2.05) is 30.3 Å². The fraction of sp³-hybridized carbons (Fsp3) is 0.364. The standard InChI is InChI=1S/C22H26N2O3S/c1-4-6-14-27-17-9-7-16(8-10-17)21(25)23-22-24(13-5-2)19-12-11-18(26-3)15-20(19)28-22/h7-12,15H,4-6,13-14H2,1-3H3. The second-order valence-corrected chi connectivity index (χ2v) is 7.52. The Morgan fingerprint density at radius 3 is 2.50 bits per heavy atom. The monoisotopic (exact) mass is 398 g/mol. The number of hydrogen-bond donors (Lipinski definition) is 0. The summed E-state index contributed by atoms with van der Waals surface area (Å²) in [6.07, 6.45) is 3.07. The van der Waals surface area contributed by atoms with Crippen molar-refractivity contribution >= 4 is 27.5 Å². The molecule has 2 aromatic carbocycles. The highest BCUT2D eigenvalue weighted by Crippen LogP contribution is 2.23. The maximum absolute atomic E-state index is 12.7. The molecular formula is C22H26N2O3S. The molecule has 0 aliphatic heterocycles. The van der Waals surface area contributed by atoms with Crippen molar-refractivity contribution in [2.45, 2.75) is 39.7 Å². The summed E-state index contributed by atoms with van der Waals surface area (Å²) in [5.74, 6) is 1.33. The predicted molar refractivity (Wildman–Crippen MR) is 113 cm³/mol. The van der Waals surface area contributed by atoms with Crippen LogP contribution in [0.1, 0.15) is 43.5 Å². The lowest BCUT2D eigenvalue weighted by atomic mass is 10.2. The number of rotatable bonds is 8. The third-order valence-electron chi connectivity index (χ3n) is 4.40. The molecule has 0 spiro atoms. The van der Waals surface area contributed by atoms with Crippen LogP contribution in [-0.2, 0) is 6.54 Å². The maximum atomic E-state index is 12.7. The van der Waals surface area contributed by atoms with Gasteiger partial charge >= 0.3 is 0 Å². The number of unbranched alkanes of at least 4 members (excludes halogenated alkanes) is 1. The molecule has 0 saturated carbocycles. The molecule has 1 heterocycles. The van der Waals surface area contributed by atoms with Crippen molar-refractivity contribution in [1.29, 1.82) is 0 Å². The van der Waals surface area contributed by atoms with Crippen molar-refractivity contribution in [2.24, 2.45) is 4.99 Å². The van der Waals surface area contributed by atoms with E-state index in [1.54, 1.807) is 19.2 Å². The van der Waals surface area contributed by atoms with Crippen LogP contribution >= 0.6 is 11.3 Å². The van der Waals surface area contributed by atoms with Crippen LogP contribution < -0.4 is 14.3 Å². The van der Waals surface area contributed by atoms with Gasteiger partial charge in [0.25, 0.3) is 5.91 Å². The molecule has 0 fully saturated rings. The molecule has 1 amide bonds. The lowest BCUT2D eigenvalue weighted by Crippen LogP contribution is -2.16. The molecule has 6 heteroatoms. The molecule has 3 aromatic rings. The molecule has 3 rings (SSSR count). The summed E-state index contributed by atoms with van der Waals surface area (Å²) < 4.78 is 14.1. The molecule has 0 aliphatic rings. The minimum Gasteiger partial charge on any atom is -0.497 e. The molecule has 0 aliphatic carbocycles. The van der Waals surface area contributed by atoms with Gasteiger partial charge in [0, 0.05) is 12.1 Å². The largest absolute Gasteiger partial charge is 0.497 e. The van der Waals surface area contributed by atoms with Crippen LogP contribution in [0.25, 0.3) is 10.2 Å². The van der Waals surface area contributed by atoms with Crippen LogP contribution in [-0.4, -0.2) is 24.2 Å². The zero-order valence-corrected chi connectivity index (χ0v) is 17.4. The number of fused-ring (bicyclic) bond motifs is 1. The Morgan fingerprint density at radius 1 is 1.07 bits per heavy atom. The molecule has 0 radical (unpaired) electrons. The first kappa shape index (κ1) is 20.1. The number of aryl methyl sites for hydroxylation is 1. The fourth-order valence-corrected chi connectivity index (χ4v) is 3.97. The highest BCUT2D eigenvalue weighted by molar-refractivity contribution is 7.16. The quantitative estimate of drug-likeness (QED) is 0.500. The van der Waals surface area contributed by atoms with E-state index in [4.69, 9.17) is 9.47 Å². The van der Waals surface area contributed by atoms with Gasteiger partial charge in [-0.15, -0.1) is 0 Å². The van der Waals surface area contributed by atoms with Gasteiger partial charge in [-0.25, -0.2) is 0 Å². The van der Waals surface area contributed by atoms with Crippen molar-refractivity contribution in [3.63, 3.8) is 0 Å². The van der Waals surface area contributed by atoms with E-state index in [0.717, 1.165) is 47.5 Å². The van der Waals surface area contributed by atoms with Crippen LogP contribution in [0.5, 0.6) is 11.5 Å². The number of methoxy groups -OCH3 is 1. The first-order valence-electron chi connectivity index (χ1n) is 9.65. The summed E-state index contributed by atoms with van der Waals surface area (Å²) >= 11 is 1.50. The smallest absolute Gasteiger partial charge is 0.279 e. The number of amides is 1. The molecule has 5 nitrogen and oxygen atoms in total. The molecule has 0 N–H and O–H groups in total. The molecule has 0 atom stereocenters. The van der Waals surface area contributed by atoms with Crippen LogP contribution in [0.4, 0.5) is 0 Å². The van der Waals surface area contributed by atoms with Crippen LogP contribution in [0, 0.1) is 0 Å². The molecule has 1 aromatic heterocycles. The maximum Gasteiger partial charge on any atom is 0.279 e. The summed E-state index contributed by atoms with van der Waals surface area (Å²) in [7, 11) is 1.65. The van der Waals surface area contributed by atoms with Crippen LogP contribution in [0.3, 0.4) is 0 Å². The Labute approximate surface area is 169 Å². The van der Waals surface area contributed by atoms with Gasteiger partial charge in [-0.1, -0.05) is 31.6 Å². The zero-order valence-electron chi connectivity index (χ0n) is 16.6. The van der Waals surface area contributed by atoms with Gasteiger partial charge in [0.15, 0.2) is 4.80 Å². The summed E-state index contributed by atoms with van der Waals surface area (Å²) in [6, 6.07) is 13.1. The molecule has 148 valence electrons. The number of carbonyl (C=O) groups excluding carboxylic acids is 1. The summed E-state index contributed by atoms with van der Waals surface area (Å²) in [5.41, 5.74) is 1.62. The summed E-state index contributed by atoms with van der Waals surface area (Å²) in [4.78, 5) is 17.8. The number of nitrogens with zero attached hydrogens (tertiary/aromatic N) is 2. The number of carbonyl (C=O) groups is 1. The lowest BCUT2D eigenvalue weighted by molar-refractivity contribution is 0.0998. The topological polar surface area (TPSA) is 52.8 Å². The minimum atomic E-state index is -0.247. The van der Waals surface area contributed by atoms with Gasteiger partial charge in [0.1, 0.15) is 11.5 Å². The van der Waals surface area contributed by atoms with Gasteiger partial charge in [-0.2, -0.15) is 4.99 Å². The van der Waals surface area contributed by atoms with E-state index < -0.39 is 0 Å². The molecule has 28 heavy (non-hydrogen) atoms. The first-order valence-corrected chi connectivity index (χ1v) is 10.5. The first-order chi connectivity index (χ1) is 13.7. The molecule has 0 bridgehead atoms.